The van der Waals surface area contributed by atoms with E-state index >= 15 is 0 Å². The normalized spacial score (nSPS) is 12.7. The van der Waals surface area contributed by atoms with Gasteiger partial charge in [-0.25, -0.2) is 5.90 Å². The number of nitrogens with zero attached hydrogens (tertiary/aromatic N) is 1. The number of carbonyl (C=O) groups excluding carboxylic acids is 1. The minimum Gasteiger partial charge on any atom is -0.396 e. The highest BCUT2D eigenvalue weighted by molar-refractivity contribution is 5.89. The van der Waals surface area contributed by atoms with E-state index in [4.69, 9.17) is 10.7 Å². The van der Waals surface area contributed by atoms with Crippen LogP contribution >= 0.6 is 0 Å². The Morgan fingerprint density at radius 1 is 1.50 bits per heavy atom. The average Bonchev–Trinajstić information content (AvgIpc) is 2.30. The molecular formula is C10H21N3O3. The molecule has 0 fully saturated rings. The van der Waals surface area contributed by atoms with Gasteiger partial charge in [-0.05, 0) is 18.8 Å². The molecule has 0 radical (unpaired) electrons. The lowest BCUT2D eigenvalue weighted by atomic mass is 10.1. The van der Waals surface area contributed by atoms with Crippen molar-refractivity contribution in [3.63, 3.8) is 0 Å². The second-order valence-electron chi connectivity index (χ2n) is 3.55. The van der Waals surface area contributed by atoms with Crippen molar-refractivity contribution in [2.24, 2.45) is 17.0 Å². The summed E-state index contributed by atoms with van der Waals surface area (Å²) >= 11 is 0. The van der Waals surface area contributed by atoms with Crippen molar-refractivity contribution in [3.8, 4) is 0 Å². The van der Waals surface area contributed by atoms with E-state index in [1.54, 1.807) is 7.05 Å². The lowest BCUT2D eigenvalue weighted by Crippen LogP contribution is -2.17. The zero-order valence-electron chi connectivity index (χ0n) is 9.94. The van der Waals surface area contributed by atoms with Crippen molar-refractivity contribution in [2.75, 3.05) is 20.3 Å². The molecule has 6 heteroatoms. The van der Waals surface area contributed by atoms with Crippen molar-refractivity contribution >= 4 is 12.1 Å². The number of amides is 1. The van der Waals surface area contributed by atoms with Gasteiger partial charge < -0.3 is 15.0 Å². The first kappa shape index (κ1) is 14.9. The average molecular weight is 231 g/mol. The summed E-state index contributed by atoms with van der Waals surface area (Å²) in [7, 11) is 1.58. The maximum Gasteiger partial charge on any atom is 0.225 e. The fourth-order valence-corrected chi connectivity index (χ4v) is 0.995. The van der Waals surface area contributed by atoms with E-state index in [0.29, 0.717) is 19.1 Å². The lowest BCUT2D eigenvalue weighted by molar-refractivity contribution is -0.119. The van der Waals surface area contributed by atoms with Crippen molar-refractivity contribution in [1.82, 2.24) is 5.32 Å². The van der Waals surface area contributed by atoms with Crippen LogP contribution in [0, 0.1) is 5.92 Å². The number of oxime groups is 1. The molecule has 1 atom stereocenters. The number of hydrogen-bond donors (Lipinski definition) is 2. The fourth-order valence-electron chi connectivity index (χ4n) is 0.995. The van der Waals surface area contributed by atoms with Gasteiger partial charge in [0.05, 0.1) is 19.2 Å². The highest BCUT2D eigenvalue weighted by atomic mass is 16.6. The molecule has 0 aromatic rings. The smallest absolute Gasteiger partial charge is 0.225 e. The third-order valence-electron chi connectivity index (χ3n) is 2.14. The Hall–Kier alpha value is -1.14. The van der Waals surface area contributed by atoms with Gasteiger partial charge in [-0.1, -0.05) is 12.1 Å². The van der Waals surface area contributed by atoms with Gasteiger partial charge in [0.15, 0.2) is 0 Å². The van der Waals surface area contributed by atoms with Crippen LogP contribution in [0.5, 0.6) is 0 Å². The van der Waals surface area contributed by atoms with Crippen LogP contribution in [0.25, 0.3) is 0 Å². The van der Waals surface area contributed by atoms with Gasteiger partial charge in [0.2, 0.25) is 5.91 Å². The van der Waals surface area contributed by atoms with E-state index in [1.165, 1.54) is 6.21 Å². The van der Waals surface area contributed by atoms with Crippen LogP contribution in [0.4, 0.5) is 0 Å². The van der Waals surface area contributed by atoms with E-state index < -0.39 is 0 Å². The maximum atomic E-state index is 10.8. The standard InChI is InChI=1S/C10H21N3O3/c1-9(4-7-15-11)5-8-16-13-6-3-10(14)12-2/h6,9H,3-5,7-8,11H2,1-2H3,(H,12,14)/b13-6+. The molecule has 3 N–H and O–H groups in total. The summed E-state index contributed by atoms with van der Waals surface area (Å²) in [6, 6.07) is 0. The van der Waals surface area contributed by atoms with Crippen molar-refractivity contribution < 1.29 is 14.5 Å². The van der Waals surface area contributed by atoms with Crippen molar-refractivity contribution in [1.29, 1.82) is 0 Å². The molecule has 0 saturated carbocycles. The van der Waals surface area contributed by atoms with Gasteiger partial charge in [0, 0.05) is 7.05 Å². The third kappa shape index (κ3) is 9.42. The summed E-state index contributed by atoms with van der Waals surface area (Å²) in [5.41, 5.74) is 0. The molecule has 0 heterocycles. The van der Waals surface area contributed by atoms with Gasteiger partial charge in [-0.15, -0.1) is 0 Å². The molecule has 16 heavy (non-hydrogen) atoms. The number of nitrogens with two attached hydrogens (primary N) is 1. The van der Waals surface area contributed by atoms with Crippen LogP contribution in [0.15, 0.2) is 5.16 Å². The predicted octanol–water partition coefficient (Wildman–Crippen LogP) is 0.432. The first-order valence-corrected chi connectivity index (χ1v) is 5.36. The SMILES string of the molecule is CNC(=O)C/C=N/OCCC(C)CCON. The highest BCUT2D eigenvalue weighted by Gasteiger charge is 2.01. The zero-order valence-corrected chi connectivity index (χ0v) is 9.94. The number of nitrogens with one attached hydrogen (secondary N) is 1. The molecule has 6 nitrogen and oxygen atoms in total. The van der Waals surface area contributed by atoms with Crippen LogP contribution < -0.4 is 11.2 Å². The molecule has 0 aliphatic rings. The monoisotopic (exact) mass is 231 g/mol. The molecule has 0 aromatic heterocycles. The van der Waals surface area contributed by atoms with Gasteiger partial charge in [-0.3, -0.25) is 4.79 Å². The van der Waals surface area contributed by atoms with Crippen molar-refractivity contribution in [3.05, 3.63) is 0 Å². The molecule has 0 saturated heterocycles. The fraction of sp³-hybridized carbons (Fsp3) is 0.800. The summed E-state index contributed by atoms with van der Waals surface area (Å²) in [4.78, 5) is 20.3. The largest absolute Gasteiger partial charge is 0.396 e. The van der Waals surface area contributed by atoms with Crippen LogP contribution in [0.1, 0.15) is 26.2 Å². The minimum atomic E-state index is -0.0826. The van der Waals surface area contributed by atoms with Crippen LogP contribution in [0.2, 0.25) is 0 Å². The second-order valence-corrected chi connectivity index (χ2v) is 3.55. The van der Waals surface area contributed by atoms with E-state index in [2.05, 4.69) is 22.2 Å². The third-order valence-corrected chi connectivity index (χ3v) is 2.14. The van der Waals surface area contributed by atoms with Crippen molar-refractivity contribution in [2.45, 2.75) is 26.2 Å². The van der Waals surface area contributed by atoms with Crippen LogP contribution in [-0.2, 0) is 14.5 Å². The Balaban J connectivity index is 3.34. The Morgan fingerprint density at radius 3 is 2.81 bits per heavy atom. The number of rotatable bonds is 9. The maximum absolute atomic E-state index is 10.8. The van der Waals surface area contributed by atoms with Gasteiger partial charge >= 0.3 is 0 Å². The molecule has 0 aliphatic heterocycles. The van der Waals surface area contributed by atoms with E-state index in [-0.39, 0.29) is 12.3 Å². The molecular weight excluding hydrogens is 210 g/mol. The Morgan fingerprint density at radius 2 is 2.19 bits per heavy atom. The van der Waals surface area contributed by atoms with E-state index in [1.807, 2.05) is 0 Å². The molecule has 0 rings (SSSR count). The Labute approximate surface area is 96.1 Å². The predicted molar refractivity (Wildman–Crippen MR) is 61.7 cm³/mol. The number of carbonyl (C=O) groups is 1. The molecule has 0 aromatic carbocycles. The molecule has 0 bridgehead atoms. The van der Waals surface area contributed by atoms with E-state index in [0.717, 1.165) is 12.8 Å². The molecule has 1 amide bonds. The summed E-state index contributed by atoms with van der Waals surface area (Å²) < 4.78 is 0. The van der Waals surface area contributed by atoms with E-state index in [9.17, 15) is 4.79 Å². The summed E-state index contributed by atoms with van der Waals surface area (Å²) in [6.07, 6.45) is 3.49. The molecule has 94 valence electrons. The summed E-state index contributed by atoms with van der Waals surface area (Å²) in [5, 5.41) is 6.16. The molecule has 0 aliphatic carbocycles. The zero-order chi connectivity index (χ0) is 12.2. The lowest BCUT2D eigenvalue weighted by Gasteiger charge is -2.08. The Bertz CT molecular complexity index is 209. The number of hydrogen-bond acceptors (Lipinski definition) is 5. The van der Waals surface area contributed by atoms with Crippen LogP contribution in [0.3, 0.4) is 0 Å². The summed E-state index contributed by atoms with van der Waals surface area (Å²) in [5.74, 6) is 5.32. The highest BCUT2D eigenvalue weighted by Crippen LogP contribution is 2.06. The quantitative estimate of drug-likeness (QED) is 0.342. The van der Waals surface area contributed by atoms with Gasteiger partial charge in [0.1, 0.15) is 6.61 Å². The second kappa shape index (κ2) is 10.4. The first-order valence-electron chi connectivity index (χ1n) is 5.36. The van der Waals surface area contributed by atoms with Gasteiger partial charge in [0.25, 0.3) is 0 Å². The minimum absolute atomic E-state index is 0.0826. The topological polar surface area (TPSA) is 85.9 Å². The summed E-state index contributed by atoms with van der Waals surface area (Å²) in [6.45, 7) is 3.19. The Kier molecular flexibility index (Phi) is 9.64. The molecule has 0 spiro atoms. The van der Waals surface area contributed by atoms with Crippen LogP contribution in [-0.4, -0.2) is 32.4 Å². The molecule has 1 unspecified atom stereocenters. The van der Waals surface area contributed by atoms with Gasteiger partial charge in [-0.2, -0.15) is 0 Å². The first-order chi connectivity index (χ1) is 7.70.